The zero-order valence-corrected chi connectivity index (χ0v) is 9.69. The number of methoxy groups -OCH3 is 1. The van der Waals surface area contributed by atoms with Crippen molar-refractivity contribution in [3.05, 3.63) is 29.3 Å². The highest BCUT2D eigenvalue weighted by atomic mass is 16.6. The molecule has 0 aliphatic rings. The lowest BCUT2D eigenvalue weighted by Crippen LogP contribution is -2.13. The summed E-state index contributed by atoms with van der Waals surface area (Å²) in [5, 5.41) is 9.56. The van der Waals surface area contributed by atoms with E-state index in [2.05, 4.69) is 4.74 Å². The first kappa shape index (κ1) is 12.5. The summed E-state index contributed by atoms with van der Waals surface area (Å²) in [6.45, 7) is 3.43. The van der Waals surface area contributed by atoms with E-state index >= 15 is 0 Å². The maximum atomic E-state index is 10.9. The van der Waals surface area contributed by atoms with E-state index in [0.717, 1.165) is 5.56 Å². The Hall–Kier alpha value is -1.55. The smallest absolute Gasteiger partial charge is 0.343 e. The summed E-state index contributed by atoms with van der Waals surface area (Å²) in [6.07, 6.45) is -0.632. The van der Waals surface area contributed by atoms with Crippen molar-refractivity contribution in [2.45, 2.75) is 20.0 Å². The summed E-state index contributed by atoms with van der Waals surface area (Å²) < 4.78 is 9.74. The minimum absolute atomic E-state index is 0.153. The van der Waals surface area contributed by atoms with Crippen molar-refractivity contribution >= 4 is 5.97 Å². The molecule has 1 atom stereocenters. The quantitative estimate of drug-likeness (QED) is 0.789. The predicted molar refractivity (Wildman–Crippen MR) is 59.3 cm³/mol. The normalized spacial score (nSPS) is 12.0. The topological polar surface area (TPSA) is 55.8 Å². The average molecular weight is 224 g/mol. The molecule has 0 heterocycles. The van der Waals surface area contributed by atoms with Crippen molar-refractivity contribution in [1.82, 2.24) is 0 Å². The molecule has 0 fully saturated rings. The van der Waals surface area contributed by atoms with Crippen LogP contribution in [0.25, 0.3) is 0 Å². The van der Waals surface area contributed by atoms with Crippen molar-refractivity contribution in [1.29, 1.82) is 0 Å². The van der Waals surface area contributed by atoms with Crippen LogP contribution >= 0.6 is 0 Å². The maximum Gasteiger partial charge on any atom is 0.343 e. The van der Waals surface area contributed by atoms with Crippen LogP contribution in [0.3, 0.4) is 0 Å². The monoisotopic (exact) mass is 224 g/mol. The number of carbonyl (C=O) groups excluding carboxylic acids is 1. The summed E-state index contributed by atoms with van der Waals surface area (Å²) in [6, 6.07) is 5.43. The highest BCUT2D eigenvalue weighted by molar-refractivity contribution is 5.70. The standard InChI is InChI=1S/C12H16O4/c1-8-4-5-11(10(6-8)9(2)13)16-7-12(14)15-3/h4-6,9,13H,7H2,1-3H3. The zero-order chi connectivity index (χ0) is 12.1. The molecule has 1 unspecified atom stereocenters. The summed E-state index contributed by atoms with van der Waals surface area (Å²) in [4.78, 5) is 10.9. The van der Waals surface area contributed by atoms with E-state index in [1.54, 1.807) is 13.0 Å². The number of esters is 1. The van der Waals surface area contributed by atoms with Crippen LogP contribution in [-0.4, -0.2) is 24.8 Å². The Bertz CT molecular complexity index is 371. The first-order valence-corrected chi connectivity index (χ1v) is 5.03. The Kier molecular flexibility index (Phi) is 4.31. The molecular weight excluding hydrogens is 208 g/mol. The van der Waals surface area contributed by atoms with Gasteiger partial charge in [-0.15, -0.1) is 0 Å². The number of hydrogen-bond acceptors (Lipinski definition) is 4. The van der Waals surface area contributed by atoms with E-state index in [1.807, 2.05) is 19.1 Å². The molecule has 0 aliphatic heterocycles. The first-order valence-electron chi connectivity index (χ1n) is 5.03. The Morgan fingerprint density at radius 2 is 2.19 bits per heavy atom. The van der Waals surface area contributed by atoms with Gasteiger partial charge >= 0.3 is 5.97 Å². The minimum Gasteiger partial charge on any atom is -0.482 e. The van der Waals surface area contributed by atoms with E-state index in [9.17, 15) is 9.90 Å². The number of rotatable bonds is 4. The molecule has 0 saturated carbocycles. The largest absolute Gasteiger partial charge is 0.482 e. The van der Waals surface area contributed by atoms with Crippen LogP contribution < -0.4 is 4.74 Å². The van der Waals surface area contributed by atoms with Gasteiger partial charge in [-0.05, 0) is 26.0 Å². The van der Waals surface area contributed by atoms with E-state index in [4.69, 9.17) is 4.74 Å². The third kappa shape index (κ3) is 3.24. The molecule has 88 valence electrons. The number of aryl methyl sites for hydroxylation is 1. The van der Waals surface area contributed by atoms with Gasteiger partial charge in [0.15, 0.2) is 6.61 Å². The molecule has 0 spiro atoms. The third-order valence-electron chi connectivity index (χ3n) is 2.19. The van der Waals surface area contributed by atoms with Crippen LogP contribution in [0.2, 0.25) is 0 Å². The molecule has 4 nitrogen and oxygen atoms in total. The highest BCUT2D eigenvalue weighted by Crippen LogP contribution is 2.26. The van der Waals surface area contributed by atoms with Crippen molar-refractivity contribution in [2.24, 2.45) is 0 Å². The number of ether oxygens (including phenoxy) is 2. The van der Waals surface area contributed by atoms with Crippen LogP contribution in [0.1, 0.15) is 24.2 Å². The molecular formula is C12H16O4. The maximum absolute atomic E-state index is 10.9. The SMILES string of the molecule is COC(=O)COc1ccc(C)cc1C(C)O. The molecule has 0 radical (unpaired) electrons. The summed E-state index contributed by atoms with van der Waals surface area (Å²) in [5.41, 5.74) is 1.70. The lowest BCUT2D eigenvalue weighted by molar-refractivity contribution is -0.142. The number of aliphatic hydroxyl groups is 1. The van der Waals surface area contributed by atoms with Crippen LogP contribution in [0.15, 0.2) is 18.2 Å². The van der Waals surface area contributed by atoms with Crippen LogP contribution in [0.5, 0.6) is 5.75 Å². The van der Waals surface area contributed by atoms with E-state index in [0.29, 0.717) is 11.3 Å². The number of carbonyl (C=O) groups is 1. The lowest BCUT2D eigenvalue weighted by Gasteiger charge is -2.13. The van der Waals surface area contributed by atoms with Crippen molar-refractivity contribution < 1.29 is 19.4 Å². The van der Waals surface area contributed by atoms with Crippen LogP contribution in [0, 0.1) is 6.92 Å². The van der Waals surface area contributed by atoms with Crippen molar-refractivity contribution in [3.63, 3.8) is 0 Å². The fraction of sp³-hybridized carbons (Fsp3) is 0.417. The lowest BCUT2D eigenvalue weighted by atomic mass is 10.1. The molecule has 4 heteroatoms. The van der Waals surface area contributed by atoms with Crippen molar-refractivity contribution in [2.75, 3.05) is 13.7 Å². The number of aliphatic hydroxyl groups excluding tert-OH is 1. The molecule has 1 aromatic carbocycles. The molecule has 1 aromatic rings. The molecule has 1 rings (SSSR count). The molecule has 0 aromatic heterocycles. The third-order valence-corrected chi connectivity index (χ3v) is 2.19. The summed E-state index contributed by atoms with van der Waals surface area (Å²) >= 11 is 0. The van der Waals surface area contributed by atoms with Gasteiger partial charge in [-0.25, -0.2) is 4.79 Å². The highest BCUT2D eigenvalue weighted by Gasteiger charge is 2.11. The van der Waals surface area contributed by atoms with E-state index in [-0.39, 0.29) is 6.61 Å². The second-order valence-corrected chi connectivity index (χ2v) is 3.58. The first-order chi connectivity index (χ1) is 7.54. The van der Waals surface area contributed by atoms with Crippen LogP contribution in [-0.2, 0) is 9.53 Å². The predicted octanol–water partition coefficient (Wildman–Crippen LogP) is 1.60. The van der Waals surface area contributed by atoms with Gasteiger partial charge in [0.05, 0.1) is 13.2 Å². The van der Waals surface area contributed by atoms with Gasteiger partial charge in [-0.1, -0.05) is 11.6 Å². The second-order valence-electron chi connectivity index (χ2n) is 3.58. The Morgan fingerprint density at radius 3 is 2.75 bits per heavy atom. The summed E-state index contributed by atoms with van der Waals surface area (Å²) in [5.74, 6) is 0.0584. The zero-order valence-electron chi connectivity index (χ0n) is 9.69. The Balaban J connectivity index is 2.82. The van der Waals surface area contributed by atoms with Gasteiger partial charge in [0.25, 0.3) is 0 Å². The average Bonchev–Trinajstić information content (AvgIpc) is 2.26. The summed E-state index contributed by atoms with van der Waals surface area (Å²) in [7, 11) is 1.30. The van der Waals surface area contributed by atoms with Gasteiger partial charge in [-0.3, -0.25) is 0 Å². The fourth-order valence-corrected chi connectivity index (χ4v) is 1.32. The van der Waals surface area contributed by atoms with Crippen molar-refractivity contribution in [3.8, 4) is 5.75 Å². The Labute approximate surface area is 94.8 Å². The molecule has 0 amide bonds. The molecule has 0 saturated heterocycles. The van der Waals surface area contributed by atoms with E-state index < -0.39 is 12.1 Å². The molecule has 1 N–H and O–H groups in total. The molecule has 0 aliphatic carbocycles. The Morgan fingerprint density at radius 1 is 1.50 bits per heavy atom. The van der Waals surface area contributed by atoms with Gasteiger partial charge in [0.2, 0.25) is 0 Å². The van der Waals surface area contributed by atoms with E-state index in [1.165, 1.54) is 7.11 Å². The van der Waals surface area contributed by atoms with Crippen LogP contribution in [0.4, 0.5) is 0 Å². The van der Waals surface area contributed by atoms with Gasteiger partial charge in [0, 0.05) is 5.56 Å². The van der Waals surface area contributed by atoms with Gasteiger partial charge in [-0.2, -0.15) is 0 Å². The van der Waals surface area contributed by atoms with Gasteiger partial charge in [0.1, 0.15) is 5.75 Å². The van der Waals surface area contributed by atoms with Gasteiger partial charge < -0.3 is 14.6 Å². The number of hydrogen-bond donors (Lipinski definition) is 1. The fourth-order valence-electron chi connectivity index (χ4n) is 1.32. The molecule has 16 heavy (non-hydrogen) atoms. The molecule has 0 bridgehead atoms. The second kappa shape index (κ2) is 5.51. The number of benzene rings is 1. The minimum atomic E-state index is -0.632.